The number of halogens is 4. The fourth-order valence-corrected chi connectivity index (χ4v) is 1.59. The molecule has 1 aromatic heterocycles. The molecule has 0 aliphatic rings. The van der Waals surface area contributed by atoms with Gasteiger partial charge in [-0.2, -0.15) is 4.98 Å². The SMILES string of the molecule is CC(C)n1nc(N)nc1Oc1ccc(OC(F)(F)F)c(F)c1. The van der Waals surface area contributed by atoms with E-state index in [-0.39, 0.29) is 23.8 Å². The molecular formula is C12H12F4N4O2. The molecule has 0 fully saturated rings. The zero-order valence-electron chi connectivity index (χ0n) is 11.6. The van der Waals surface area contributed by atoms with Crippen LogP contribution in [0.1, 0.15) is 19.9 Å². The minimum absolute atomic E-state index is 0.00334. The zero-order chi connectivity index (χ0) is 16.5. The van der Waals surface area contributed by atoms with Crippen molar-refractivity contribution in [2.24, 2.45) is 0 Å². The van der Waals surface area contributed by atoms with Crippen molar-refractivity contribution in [3.05, 3.63) is 24.0 Å². The molecule has 0 saturated carbocycles. The number of aromatic nitrogens is 3. The number of nitrogens with two attached hydrogens (primary N) is 1. The Morgan fingerprint density at radius 1 is 1.27 bits per heavy atom. The molecule has 0 radical (unpaired) electrons. The van der Waals surface area contributed by atoms with Gasteiger partial charge in [0, 0.05) is 6.07 Å². The first-order valence-corrected chi connectivity index (χ1v) is 6.11. The minimum atomic E-state index is -4.98. The monoisotopic (exact) mass is 320 g/mol. The third-order valence-corrected chi connectivity index (χ3v) is 2.44. The van der Waals surface area contributed by atoms with Crippen LogP contribution in [0.3, 0.4) is 0 Å². The van der Waals surface area contributed by atoms with Crippen molar-refractivity contribution in [2.75, 3.05) is 5.73 Å². The van der Waals surface area contributed by atoms with E-state index in [0.717, 1.165) is 18.2 Å². The highest BCUT2D eigenvalue weighted by molar-refractivity contribution is 5.35. The van der Waals surface area contributed by atoms with Crippen LogP contribution >= 0.6 is 0 Å². The van der Waals surface area contributed by atoms with E-state index >= 15 is 0 Å². The molecule has 2 aromatic rings. The number of benzene rings is 1. The summed E-state index contributed by atoms with van der Waals surface area (Å²) in [4.78, 5) is 3.81. The van der Waals surface area contributed by atoms with Crippen molar-refractivity contribution in [1.82, 2.24) is 14.8 Å². The molecule has 0 saturated heterocycles. The molecular weight excluding hydrogens is 308 g/mol. The van der Waals surface area contributed by atoms with Gasteiger partial charge in [0.25, 0.3) is 0 Å². The molecule has 1 aromatic carbocycles. The molecule has 0 amide bonds. The van der Waals surface area contributed by atoms with E-state index in [0.29, 0.717) is 0 Å². The van der Waals surface area contributed by atoms with Crippen LogP contribution in [0.15, 0.2) is 18.2 Å². The Labute approximate surface area is 122 Å². The van der Waals surface area contributed by atoms with Crippen molar-refractivity contribution in [2.45, 2.75) is 26.3 Å². The largest absolute Gasteiger partial charge is 0.573 e. The van der Waals surface area contributed by atoms with E-state index in [1.807, 2.05) is 0 Å². The predicted molar refractivity (Wildman–Crippen MR) is 68.0 cm³/mol. The lowest BCUT2D eigenvalue weighted by atomic mass is 10.3. The second kappa shape index (κ2) is 5.70. The Morgan fingerprint density at radius 3 is 2.50 bits per heavy atom. The van der Waals surface area contributed by atoms with Gasteiger partial charge in [-0.25, -0.2) is 9.07 Å². The summed E-state index contributed by atoms with van der Waals surface area (Å²) in [6.45, 7) is 3.59. The van der Waals surface area contributed by atoms with Crippen molar-refractivity contribution in [1.29, 1.82) is 0 Å². The molecule has 22 heavy (non-hydrogen) atoms. The third-order valence-electron chi connectivity index (χ3n) is 2.44. The Kier molecular flexibility index (Phi) is 4.11. The molecule has 0 atom stereocenters. The number of alkyl halides is 3. The predicted octanol–water partition coefficient (Wildman–Crippen LogP) is 3.27. The normalized spacial score (nSPS) is 11.8. The lowest BCUT2D eigenvalue weighted by Crippen LogP contribution is -2.17. The van der Waals surface area contributed by atoms with Crippen LogP contribution in [-0.2, 0) is 0 Å². The lowest BCUT2D eigenvalue weighted by molar-refractivity contribution is -0.275. The molecule has 2 rings (SSSR count). The molecule has 0 unspecified atom stereocenters. The maximum atomic E-state index is 13.6. The third kappa shape index (κ3) is 3.77. The molecule has 2 N–H and O–H groups in total. The number of anilines is 1. The smallest absolute Gasteiger partial charge is 0.424 e. The van der Waals surface area contributed by atoms with Crippen LogP contribution in [0.2, 0.25) is 0 Å². The molecule has 6 nitrogen and oxygen atoms in total. The van der Waals surface area contributed by atoms with E-state index < -0.39 is 17.9 Å². The second-order valence-electron chi connectivity index (χ2n) is 4.53. The zero-order valence-corrected chi connectivity index (χ0v) is 11.6. The molecule has 0 aliphatic heterocycles. The Morgan fingerprint density at radius 2 is 1.95 bits per heavy atom. The van der Waals surface area contributed by atoms with Gasteiger partial charge >= 0.3 is 12.4 Å². The van der Waals surface area contributed by atoms with E-state index in [9.17, 15) is 17.6 Å². The van der Waals surface area contributed by atoms with Gasteiger partial charge in [0.15, 0.2) is 11.6 Å². The first kappa shape index (κ1) is 15.9. The van der Waals surface area contributed by atoms with Crippen LogP contribution in [0.4, 0.5) is 23.5 Å². The average Bonchev–Trinajstić information content (AvgIpc) is 2.72. The lowest BCUT2D eigenvalue weighted by Gasteiger charge is -2.12. The summed E-state index contributed by atoms with van der Waals surface area (Å²) in [7, 11) is 0. The topological polar surface area (TPSA) is 75.2 Å². The highest BCUT2D eigenvalue weighted by Gasteiger charge is 2.32. The van der Waals surface area contributed by atoms with Gasteiger partial charge in [0.2, 0.25) is 5.95 Å². The Balaban J connectivity index is 2.23. The summed E-state index contributed by atoms with van der Waals surface area (Å²) in [5, 5.41) is 3.89. The van der Waals surface area contributed by atoms with Gasteiger partial charge in [-0.3, -0.25) is 0 Å². The fourth-order valence-electron chi connectivity index (χ4n) is 1.59. The van der Waals surface area contributed by atoms with Crippen LogP contribution in [0.25, 0.3) is 0 Å². The molecule has 120 valence electrons. The summed E-state index contributed by atoms with van der Waals surface area (Å²) >= 11 is 0. The van der Waals surface area contributed by atoms with Gasteiger partial charge in [-0.15, -0.1) is 18.3 Å². The summed E-state index contributed by atoms with van der Waals surface area (Å²) in [6, 6.07) is 2.53. The maximum Gasteiger partial charge on any atom is 0.573 e. The molecule has 0 aliphatic carbocycles. The van der Waals surface area contributed by atoms with Crippen LogP contribution < -0.4 is 15.2 Å². The number of nitrogens with zero attached hydrogens (tertiary/aromatic N) is 3. The summed E-state index contributed by atoms with van der Waals surface area (Å²) in [5.74, 6) is -2.29. The van der Waals surface area contributed by atoms with Gasteiger partial charge in [0.1, 0.15) is 5.75 Å². The average molecular weight is 320 g/mol. The quantitative estimate of drug-likeness (QED) is 0.875. The van der Waals surface area contributed by atoms with Gasteiger partial charge in [-0.05, 0) is 26.0 Å². The summed E-state index contributed by atoms with van der Waals surface area (Å²) < 4.78 is 59.9. The van der Waals surface area contributed by atoms with E-state index in [2.05, 4.69) is 14.8 Å². The standard InChI is InChI=1S/C12H12F4N4O2/c1-6(2)20-11(18-10(17)19-20)21-7-3-4-9(8(13)5-7)22-12(14,15)16/h3-6H,1-2H3,(H2,17,19). The number of hydrogen-bond donors (Lipinski definition) is 1. The maximum absolute atomic E-state index is 13.6. The molecule has 10 heteroatoms. The highest BCUT2D eigenvalue weighted by Crippen LogP contribution is 2.30. The summed E-state index contributed by atoms with van der Waals surface area (Å²) in [5.41, 5.74) is 5.45. The Hall–Kier alpha value is -2.52. The van der Waals surface area contributed by atoms with Gasteiger partial charge in [0.05, 0.1) is 6.04 Å². The van der Waals surface area contributed by atoms with Crippen LogP contribution in [0.5, 0.6) is 17.5 Å². The molecule has 0 bridgehead atoms. The Bertz CT molecular complexity index is 670. The van der Waals surface area contributed by atoms with E-state index in [4.69, 9.17) is 10.5 Å². The molecule has 1 heterocycles. The number of rotatable bonds is 4. The van der Waals surface area contributed by atoms with Crippen LogP contribution in [0, 0.1) is 5.82 Å². The van der Waals surface area contributed by atoms with Crippen molar-refractivity contribution in [3.63, 3.8) is 0 Å². The van der Waals surface area contributed by atoms with Crippen LogP contribution in [-0.4, -0.2) is 21.1 Å². The molecule has 0 spiro atoms. The van der Waals surface area contributed by atoms with Crippen molar-refractivity contribution < 1.29 is 27.0 Å². The van der Waals surface area contributed by atoms with Crippen molar-refractivity contribution >= 4 is 5.95 Å². The fraction of sp³-hybridized carbons (Fsp3) is 0.333. The number of nitrogen functional groups attached to an aromatic ring is 1. The van der Waals surface area contributed by atoms with Crippen molar-refractivity contribution in [3.8, 4) is 17.5 Å². The highest BCUT2D eigenvalue weighted by atomic mass is 19.4. The first-order valence-electron chi connectivity index (χ1n) is 6.11. The first-order chi connectivity index (χ1) is 10.2. The minimum Gasteiger partial charge on any atom is -0.424 e. The van der Waals surface area contributed by atoms with E-state index in [1.165, 1.54) is 4.68 Å². The second-order valence-corrected chi connectivity index (χ2v) is 4.53. The van der Waals surface area contributed by atoms with Gasteiger partial charge < -0.3 is 15.2 Å². The van der Waals surface area contributed by atoms with E-state index in [1.54, 1.807) is 13.8 Å². The van der Waals surface area contributed by atoms with Gasteiger partial charge in [-0.1, -0.05) is 0 Å². The summed E-state index contributed by atoms with van der Waals surface area (Å²) in [6.07, 6.45) is -4.98. The number of hydrogen-bond acceptors (Lipinski definition) is 5. The number of ether oxygens (including phenoxy) is 2.